The van der Waals surface area contributed by atoms with Crippen molar-refractivity contribution in [3.8, 4) is 11.5 Å². The van der Waals surface area contributed by atoms with E-state index < -0.39 is 0 Å². The summed E-state index contributed by atoms with van der Waals surface area (Å²) >= 11 is 12.1. The molecule has 0 aromatic heterocycles. The Labute approximate surface area is 185 Å². The molecule has 160 valence electrons. The summed E-state index contributed by atoms with van der Waals surface area (Å²) in [6, 6.07) is 13.7. The molecular formula is C22H24Cl2N2O4. The molecule has 1 aliphatic rings. The average Bonchev–Trinajstić information content (AvgIpc) is 2.74. The summed E-state index contributed by atoms with van der Waals surface area (Å²) < 4.78 is 11.0. The van der Waals surface area contributed by atoms with E-state index in [-0.39, 0.29) is 37.1 Å². The quantitative estimate of drug-likeness (QED) is 0.637. The largest absolute Gasteiger partial charge is 0.482 e. The molecule has 2 amide bonds. The van der Waals surface area contributed by atoms with Crippen LogP contribution < -0.4 is 20.1 Å². The molecule has 2 N–H and O–H groups in total. The lowest BCUT2D eigenvalue weighted by Crippen LogP contribution is -2.54. The van der Waals surface area contributed by atoms with Crippen LogP contribution in [0.25, 0.3) is 0 Å². The van der Waals surface area contributed by atoms with Gasteiger partial charge in [-0.1, -0.05) is 60.3 Å². The van der Waals surface area contributed by atoms with Crippen molar-refractivity contribution in [3.05, 3.63) is 58.6 Å². The van der Waals surface area contributed by atoms with Crippen LogP contribution in [0.1, 0.15) is 25.7 Å². The zero-order valence-corrected chi connectivity index (χ0v) is 17.9. The second kappa shape index (κ2) is 11.1. The molecule has 3 rings (SSSR count). The molecule has 0 aliphatic heterocycles. The van der Waals surface area contributed by atoms with Gasteiger partial charge in [-0.25, -0.2) is 0 Å². The Morgan fingerprint density at radius 1 is 0.767 bits per heavy atom. The lowest BCUT2D eigenvalue weighted by Gasteiger charge is -2.32. The molecule has 1 fully saturated rings. The number of nitrogens with one attached hydrogen (secondary N) is 2. The van der Waals surface area contributed by atoms with Crippen LogP contribution >= 0.6 is 23.2 Å². The molecule has 0 heterocycles. The number of hydrogen-bond donors (Lipinski definition) is 2. The maximum Gasteiger partial charge on any atom is 0.258 e. The highest BCUT2D eigenvalue weighted by atomic mass is 35.5. The first-order chi connectivity index (χ1) is 14.5. The summed E-state index contributed by atoms with van der Waals surface area (Å²) in [5.74, 6) is 0.404. The van der Waals surface area contributed by atoms with Crippen LogP contribution in [0, 0.1) is 0 Å². The van der Waals surface area contributed by atoms with E-state index in [1.165, 1.54) is 0 Å². The number of ether oxygens (including phenoxy) is 2. The van der Waals surface area contributed by atoms with Gasteiger partial charge in [0.2, 0.25) is 0 Å². The minimum Gasteiger partial charge on any atom is -0.482 e. The van der Waals surface area contributed by atoms with E-state index in [4.69, 9.17) is 32.7 Å². The van der Waals surface area contributed by atoms with Crippen molar-refractivity contribution >= 4 is 35.0 Å². The van der Waals surface area contributed by atoms with Crippen LogP contribution in [0.5, 0.6) is 11.5 Å². The summed E-state index contributed by atoms with van der Waals surface area (Å²) in [7, 11) is 0. The van der Waals surface area contributed by atoms with E-state index in [0.29, 0.717) is 21.5 Å². The highest BCUT2D eigenvalue weighted by Crippen LogP contribution is 2.24. The molecule has 2 aromatic rings. The van der Waals surface area contributed by atoms with Gasteiger partial charge in [-0.05, 0) is 37.1 Å². The van der Waals surface area contributed by atoms with Gasteiger partial charge in [0.1, 0.15) is 11.5 Å². The third-order valence-electron chi connectivity index (χ3n) is 4.85. The van der Waals surface area contributed by atoms with Gasteiger partial charge in [-0.2, -0.15) is 0 Å². The topological polar surface area (TPSA) is 76.7 Å². The van der Waals surface area contributed by atoms with Gasteiger partial charge in [-0.15, -0.1) is 0 Å². The summed E-state index contributed by atoms with van der Waals surface area (Å²) in [6.45, 7) is -0.285. The Balaban J connectivity index is 1.48. The Kier molecular flexibility index (Phi) is 8.22. The monoisotopic (exact) mass is 450 g/mol. The first kappa shape index (κ1) is 22.2. The standard InChI is InChI=1S/C22H24Cl2N2O4/c23-15-7-1-5-11-19(15)29-13-21(27)25-17-9-3-4-10-18(17)26-22(28)14-30-20-12-6-2-8-16(20)24/h1-2,5-8,11-12,17-18H,3-4,9-10,13-14H2,(H,25,27)(H,26,28)/t17-,18-/m1/s1. The lowest BCUT2D eigenvalue weighted by molar-refractivity contribution is -0.127. The first-order valence-corrected chi connectivity index (χ1v) is 10.6. The molecule has 0 unspecified atom stereocenters. The Hall–Kier alpha value is -2.44. The summed E-state index contributed by atoms with van der Waals surface area (Å²) in [5.41, 5.74) is 0. The van der Waals surface area contributed by atoms with Crippen molar-refractivity contribution in [3.63, 3.8) is 0 Å². The number of amides is 2. The van der Waals surface area contributed by atoms with Crippen molar-refractivity contribution in [1.29, 1.82) is 0 Å². The van der Waals surface area contributed by atoms with Gasteiger partial charge in [0.15, 0.2) is 13.2 Å². The van der Waals surface area contributed by atoms with Crippen molar-refractivity contribution < 1.29 is 19.1 Å². The number of benzene rings is 2. The van der Waals surface area contributed by atoms with E-state index in [1.807, 2.05) is 0 Å². The lowest BCUT2D eigenvalue weighted by atomic mass is 9.90. The second-order valence-corrected chi connectivity index (χ2v) is 7.89. The van der Waals surface area contributed by atoms with Crippen molar-refractivity contribution in [2.75, 3.05) is 13.2 Å². The zero-order valence-electron chi connectivity index (χ0n) is 16.4. The Morgan fingerprint density at radius 2 is 1.17 bits per heavy atom. The number of carbonyl (C=O) groups is 2. The van der Waals surface area contributed by atoms with E-state index in [0.717, 1.165) is 25.7 Å². The molecule has 0 saturated heterocycles. The van der Waals surface area contributed by atoms with Gasteiger partial charge in [-0.3, -0.25) is 9.59 Å². The molecule has 0 radical (unpaired) electrons. The predicted molar refractivity (Wildman–Crippen MR) is 116 cm³/mol. The predicted octanol–water partition coefficient (Wildman–Crippen LogP) is 3.99. The molecule has 8 heteroatoms. The number of halogens is 2. The molecule has 30 heavy (non-hydrogen) atoms. The highest BCUT2D eigenvalue weighted by Gasteiger charge is 2.28. The molecule has 1 saturated carbocycles. The van der Waals surface area contributed by atoms with E-state index in [2.05, 4.69) is 10.6 Å². The molecule has 2 atom stereocenters. The third kappa shape index (κ3) is 6.54. The second-order valence-electron chi connectivity index (χ2n) is 7.07. The number of hydrogen-bond acceptors (Lipinski definition) is 4. The fourth-order valence-electron chi connectivity index (χ4n) is 3.38. The average molecular weight is 451 g/mol. The van der Waals surface area contributed by atoms with Crippen molar-refractivity contribution in [2.24, 2.45) is 0 Å². The zero-order chi connectivity index (χ0) is 21.3. The van der Waals surface area contributed by atoms with Gasteiger partial charge in [0, 0.05) is 12.1 Å². The molecule has 2 aromatic carbocycles. The van der Waals surface area contributed by atoms with Gasteiger partial charge in [0.25, 0.3) is 11.8 Å². The van der Waals surface area contributed by atoms with Crippen molar-refractivity contribution in [1.82, 2.24) is 10.6 Å². The summed E-state index contributed by atoms with van der Waals surface area (Å²) in [6.07, 6.45) is 3.54. The molecular weight excluding hydrogens is 427 g/mol. The van der Waals surface area contributed by atoms with Crippen LogP contribution in [-0.4, -0.2) is 37.1 Å². The SMILES string of the molecule is O=C(COc1ccccc1Cl)N[C@@H]1CCCC[C@H]1NC(=O)COc1ccccc1Cl. The van der Waals surface area contributed by atoms with Crippen LogP contribution in [0.3, 0.4) is 0 Å². The van der Waals surface area contributed by atoms with Crippen LogP contribution in [-0.2, 0) is 9.59 Å². The fraction of sp³-hybridized carbons (Fsp3) is 0.364. The molecule has 6 nitrogen and oxygen atoms in total. The normalized spacial score (nSPS) is 18.3. The van der Waals surface area contributed by atoms with Crippen molar-refractivity contribution in [2.45, 2.75) is 37.8 Å². The number of carbonyl (C=O) groups excluding carboxylic acids is 2. The first-order valence-electron chi connectivity index (χ1n) is 9.86. The summed E-state index contributed by atoms with van der Waals surface area (Å²) in [5, 5.41) is 6.83. The number of rotatable bonds is 8. The van der Waals surface area contributed by atoms with E-state index in [1.54, 1.807) is 48.5 Å². The smallest absolute Gasteiger partial charge is 0.258 e. The molecule has 0 bridgehead atoms. The van der Waals surface area contributed by atoms with Crippen LogP contribution in [0.2, 0.25) is 10.0 Å². The molecule has 0 spiro atoms. The minimum atomic E-state index is -0.256. The highest BCUT2D eigenvalue weighted by molar-refractivity contribution is 6.32. The Bertz CT molecular complexity index is 806. The molecule has 1 aliphatic carbocycles. The third-order valence-corrected chi connectivity index (χ3v) is 5.47. The maximum atomic E-state index is 12.3. The fourth-order valence-corrected chi connectivity index (χ4v) is 3.76. The van der Waals surface area contributed by atoms with Crippen LogP contribution in [0.4, 0.5) is 0 Å². The maximum absolute atomic E-state index is 12.3. The Morgan fingerprint density at radius 3 is 1.57 bits per heavy atom. The minimum absolute atomic E-state index is 0.142. The van der Waals surface area contributed by atoms with E-state index >= 15 is 0 Å². The van der Waals surface area contributed by atoms with E-state index in [9.17, 15) is 9.59 Å². The van der Waals surface area contributed by atoms with Gasteiger partial charge in [0.05, 0.1) is 10.0 Å². The van der Waals surface area contributed by atoms with Gasteiger partial charge < -0.3 is 20.1 Å². The number of para-hydroxylation sites is 2. The summed E-state index contributed by atoms with van der Waals surface area (Å²) in [4.78, 5) is 24.7. The van der Waals surface area contributed by atoms with Gasteiger partial charge >= 0.3 is 0 Å². The van der Waals surface area contributed by atoms with Crippen LogP contribution in [0.15, 0.2) is 48.5 Å².